The third-order valence-corrected chi connectivity index (χ3v) is 6.43. The molecular formula is C19H20ClFN2O3S. The van der Waals surface area contributed by atoms with E-state index < -0.39 is 15.8 Å². The maximum Gasteiger partial charge on any atom is 0.253 e. The number of likely N-dealkylation sites (tertiary alicyclic amines) is 1. The minimum Gasteiger partial charge on any atom is -0.339 e. The number of aryl methyl sites for hydroxylation is 1. The van der Waals surface area contributed by atoms with Crippen molar-refractivity contribution in [3.05, 3.63) is 64.4 Å². The molecule has 0 aromatic heterocycles. The Morgan fingerprint density at radius 3 is 2.37 bits per heavy atom. The van der Waals surface area contributed by atoms with E-state index in [0.717, 1.165) is 11.6 Å². The number of sulfonamides is 1. The summed E-state index contributed by atoms with van der Waals surface area (Å²) in [5.41, 5.74) is 1.31. The molecule has 5 nitrogen and oxygen atoms in total. The Balaban J connectivity index is 1.60. The van der Waals surface area contributed by atoms with Gasteiger partial charge in [0.1, 0.15) is 5.82 Å². The molecule has 27 heavy (non-hydrogen) atoms. The van der Waals surface area contributed by atoms with Gasteiger partial charge in [0.2, 0.25) is 10.0 Å². The second-order valence-electron chi connectivity index (χ2n) is 6.63. The summed E-state index contributed by atoms with van der Waals surface area (Å²) in [4.78, 5) is 14.4. The topological polar surface area (TPSA) is 66.5 Å². The van der Waals surface area contributed by atoms with Crippen LogP contribution in [-0.2, 0) is 10.0 Å². The second-order valence-corrected chi connectivity index (χ2v) is 8.75. The van der Waals surface area contributed by atoms with Crippen LogP contribution in [0.3, 0.4) is 0 Å². The van der Waals surface area contributed by atoms with Crippen LogP contribution in [0.25, 0.3) is 0 Å². The van der Waals surface area contributed by atoms with Gasteiger partial charge in [0, 0.05) is 24.7 Å². The molecule has 1 aliphatic rings. The fourth-order valence-electron chi connectivity index (χ4n) is 3.02. The van der Waals surface area contributed by atoms with Crippen molar-refractivity contribution in [1.82, 2.24) is 9.62 Å². The maximum atomic E-state index is 13.3. The average Bonchev–Trinajstić information content (AvgIpc) is 2.64. The second kappa shape index (κ2) is 7.96. The molecule has 1 fully saturated rings. The van der Waals surface area contributed by atoms with E-state index in [4.69, 9.17) is 11.6 Å². The Hall–Kier alpha value is -1.96. The van der Waals surface area contributed by atoms with Gasteiger partial charge in [0.05, 0.1) is 9.92 Å². The predicted octanol–water partition coefficient (Wildman–Crippen LogP) is 3.37. The summed E-state index contributed by atoms with van der Waals surface area (Å²) in [6, 6.07) is 10.3. The SMILES string of the molecule is Cc1ccc(S(=O)(=O)NC2CCN(C(=O)c3ccc(F)c(Cl)c3)CC2)cc1. The first kappa shape index (κ1) is 19.8. The van der Waals surface area contributed by atoms with Crippen molar-refractivity contribution >= 4 is 27.5 Å². The third kappa shape index (κ3) is 4.66. The van der Waals surface area contributed by atoms with Crippen molar-refractivity contribution in [2.24, 2.45) is 0 Å². The minimum atomic E-state index is -3.59. The van der Waals surface area contributed by atoms with E-state index in [0.29, 0.717) is 31.5 Å². The van der Waals surface area contributed by atoms with E-state index in [1.807, 2.05) is 6.92 Å². The highest BCUT2D eigenvalue weighted by molar-refractivity contribution is 7.89. The Labute approximate surface area is 163 Å². The van der Waals surface area contributed by atoms with Gasteiger partial charge in [-0.05, 0) is 50.1 Å². The standard InChI is InChI=1S/C19H20ClFN2O3S/c1-13-2-5-16(6-3-13)27(25,26)22-15-8-10-23(11-9-15)19(24)14-4-7-18(21)17(20)12-14/h2-7,12,15,22H,8-11H2,1H3. The number of nitrogens with zero attached hydrogens (tertiary/aromatic N) is 1. The molecule has 0 unspecified atom stereocenters. The van der Waals surface area contributed by atoms with Gasteiger partial charge in [-0.25, -0.2) is 17.5 Å². The van der Waals surface area contributed by atoms with Crippen molar-refractivity contribution in [2.45, 2.75) is 30.7 Å². The summed E-state index contributed by atoms with van der Waals surface area (Å²) in [6.07, 6.45) is 1.01. The number of halogens is 2. The zero-order valence-electron chi connectivity index (χ0n) is 14.8. The number of amides is 1. The molecule has 1 saturated heterocycles. The lowest BCUT2D eigenvalue weighted by atomic mass is 10.0. The molecule has 0 atom stereocenters. The summed E-state index contributed by atoms with van der Waals surface area (Å²) in [7, 11) is -3.59. The van der Waals surface area contributed by atoms with E-state index in [1.54, 1.807) is 29.2 Å². The van der Waals surface area contributed by atoms with Crippen molar-refractivity contribution in [1.29, 1.82) is 0 Å². The Kier molecular flexibility index (Phi) is 5.83. The number of hydrogen-bond donors (Lipinski definition) is 1. The molecule has 0 saturated carbocycles. The number of rotatable bonds is 4. The highest BCUT2D eigenvalue weighted by Crippen LogP contribution is 2.20. The first-order valence-corrected chi connectivity index (χ1v) is 10.5. The Morgan fingerprint density at radius 2 is 1.78 bits per heavy atom. The number of carbonyl (C=O) groups excluding carboxylic acids is 1. The molecule has 1 heterocycles. The van der Waals surface area contributed by atoms with Crippen LogP contribution in [-0.4, -0.2) is 38.4 Å². The van der Waals surface area contributed by atoms with Gasteiger partial charge < -0.3 is 4.90 Å². The maximum absolute atomic E-state index is 13.3. The van der Waals surface area contributed by atoms with Gasteiger partial charge in [-0.1, -0.05) is 29.3 Å². The molecule has 8 heteroatoms. The number of nitrogens with one attached hydrogen (secondary N) is 1. The molecule has 0 bridgehead atoms. The smallest absolute Gasteiger partial charge is 0.253 e. The Morgan fingerprint density at radius 1 is 1.15 bits per heavy atom. The number of piperidine rings is 1. The minimum absolute atomic E-state index is 0.0957. The van der Waals surface area contributed by atoms with Crippen molar-refractivity contribution in [3.8, 4) is 0 Å². The molecule has 1 amide bonds. The van der Waals surface area contributed by atoms with Gasteiger partial charge in [-0.3, -0.25) is 4.79 Å². The van der Waals surface area contributed by atoms with Crippen LogP contribution in [0.4, 0.5) is 4.39 Å². The van der Waals surface area contributed by atoms with E-state index in [2.05, 4.69) is 4.72 Å². The van der Waals surface area contributed by atoms with Crippen molar-refractivity contribution in [3.63, 3.8) is 0 Å². The summed E-state index contributed by atoms with van der Waals surface area (Å²) in [5.74, 6) is -0.811. The quantitative estimate of drug-likeness (QED) is 0.840. The monoisotopic (exact) mass is 410 g/mol. The highest BCUT2D eigenvalue weighted by Gasteiger charge is 2.27. The first-order chi connectivity index (χ1) is 12.8. The summed E-state index contributed by atoms with van der Waals surface area (Å²) >= 11 is 5.74. The van der Waals surface area contributed by atoms with E-state index in [9.17, 15) is 17.6 Å². The lowest BCUT2D eigenvalue weighted by Crippen LogP contribution is -2.46. The Bertz CT molecular complexity index is 940. The molecule has 2 aromatic rings. The first-order valence-electron chi connectivity index (χ1n) is 8.59. The van der Waals surface area contributed by atoms with Gasteiger partial charge in [-0.15, -0.1) is 0 Å². The largest absolute Gasteiger partial charge is 0.339 e. The van der Waals surface area contributed by atoms with Crippen LogP contribution in [0.5, 0.6) is 0 Å². The lowest BCUT2D eigenvalue weighted by Gasteiger charge is -2.32. The van der Waals surface area contributed by atoms with Crippen LogP contribution in [0, 0.1) is 12.7 Å². The lowest BCUT2D eigenvalue weighted by molar-refractivity contribution is 0.0711. The zero-order chi connectivity index (χ0) is 19.6. The fourth-order valence-corrected chi connectivity index (χ4v) is 4.50. The van der Waals surface area contributed by atoms with Crippen LogP contribution < -0.4 is 4.72 Å². The van der Waals surface area contributed by atoms with Gasteiger partial charge in [0.15, 0.2) is 0 Å². The summed E-state index contributed by atoms with van der Waals surface area (Å²) in [6.45, 7) is 2.72. The predicted molar refractivity (Wildman–Crippen MR) is 102 cm³/mol. The molecule has 0 aliphatic carbocycles. The summed E-state index contributed by atoms with van der Waals surface area (Å²) < 4.78 is 40.9. The summed E-state index contributed by atoms with van der Waals surface area (Å²) in [5, 5.41) is -0.0957. The molecule has 0 radical (unpaired) electrons. The number of benzene rings is 2. The molecule has 144 valence electrons. The van der Waals surface area contributed by atoms with Crippen LogP contribution in [0.15, 0.2) is 47.4 Å². The van der Waals surface area contributed by atoms with E-state index >= 15 is 0 Å². The number of hydrogen-bond acceptors (Lipinski definition) is 3. The van der Waals surface area contributed by atoms with E-state index in [1.165, 1.54) is 12.1 Å². The highest BCUT2D eigenvalue weighted by atomic mass is 35.5. The van der Waals surface area contributed by atoms with Gasteiger partial charge in [-0.2, -0.15) is 0 Å². The molecule has 1 aliphatic heterocycles. The van der Waals surface area contributed by atoms with Crippen molar-refractivity contribution in [2.75, 3.05) is 13.1 Å². The normalized spacial score (nSPS) is 15.7. The van der Waals surface area contributed by atoms with Crippen LogP contribution >= 0.6 is 11.6 Å². The van der Waals surface area contributed by atoms with Crippen molar-refractivity contribution < 1.29 is 17.6 Å². The molecule has 0 spiro atoms. The van der Waals surface area contributed by atoms with Crippen LogP contribution in [0.2, 0.25) is 5.02 Å². The molecular weight excluding hydrogens is 391 g/mol. The molecule has 2 aromatic carbocycles. The third-order valence-electron chi connectivity index (χ3n) is 4.60. The molecule has 1 N–H and O–H groups in total. The zero-order valence-corrected chi connectivity index (χ0v) is 16.4. The van der Waals surface area contributed by atoms with Crippen LogP contribution in [0.1, 0.15) is 28.8 Å². The average molecular weight is 411 g/mol. The van der Waals surface area contributed by atoms with E-state index in [-0.39, 0.29) is 21.9 Å². The number of carbonyl (C=O) groups is 1. The van der Waals surface area contributed by atoms with Gasteiger partial charge in [0.25, 0.3) is 5.91 Å². The van der Waals surface area contributed by atoms with Gasteiger partial charge >= 0.3 is 0 Å². The fraction of sp³-hybridized carbons (Fsp3) is 0.316. The molecule has 3 rings (SSSR count).